The van der Waals surface area contributed by atoms with Gasteiger partial charge in [0.25, 0.3) is 5.91 Å². The SMILES string of the molecule is COc1ccc(NC(=O)COc2cccc(C(C)(C)C)c2)cc1Cl. The molecular formula is C19H22ClNO3. The topological polar surface area (TPSA) is 47.6 Å². The summed E-state index contributed by atoms with van der Waals surface area (Å²) in [6.07, 6.45) is 0. The van der Waals surface area contributed by atoms with Gasteiger partial charge in [0.2, 0.25) is 0 Å². The first kappa shape index (κ1) is 18.1. The summed E-state index contributed by atoms with van der Waals surface area (Å²) < 4.78 is 10.7. The molecule has 0 spiro atoms. The molecule has 2 aromatic rings. The summed E-state index contributed by atoms with van der Waals surface area (Å²) in [5.41, 5.74) is 1.78. The van der Waals surface area contributed by atoms with E-state index in [1.807, 2.05) is 24.3 Å². The van der Waals surface area contributed by atoms with E-state index in [0.717, 1.165) is 5.56 Å². The largest absolute Gasteiger partial charge is 0.495 e. The first-order valence-electron chi connectivity index (χ1n) is 7.66. The number of hydrogen-bond acceptors (Lipinski definition) is 3. The standard InChI is InChI=1S/C19H22ClNO3/c1-19(2,3)13-6-5-7-15(10-13)24-12-18(22)21-14-8-9-17(23-4)16(20)11-14/h5-11H,12H2,1-4H3,(H,21,22). The van der Waals surface area contributed by atoms with Crippen molar-refractivity contribution in [2.75, 3.05) is 19.0 Å². The van der Waals surface area contributed by atoms with Gasteiger partial charge >= 0.3 is 0 Å². The molecule has 24 heavy (non-hydrogen) atoms. The lowest BCUT2D eigenvalue weighted by Gasteiger charge is -2.19. The van der Waals surface area contributed by atoms with Crippen molar-refractivity contribution in [1.29, 1.82) is 0 Å². The Morgan fingerprint density at radius 2 is 1.92 bits per heavy atom. The molecule has 0 bridgehead atoms. The van der Waals surface area contributed by atoms with Crippen LogP contribution < -0.4 is 14.8 Å². The van der Waals surface area contributed by atoms with E-state index in [1.54, 1.807) is 25.3 Å². The molecule has 0 unspecified atom stereocenters. The molecule has 1 amide bonds. The van der Waals surface area contributed by atoms with Crippen LogP contribution in [-0.4, -0.2) is 19.6 Å². The van der Waals surface area contributed by atoms with E-state index < -0.39 is 0 Å². The molecule has 2 aromatic carbocycles. The van der Waals surface area contributed by atoms with Crippen molar-refractivity contribution in [3.05, 3.63) is 53.1 Å². The van der Waals surface area contributed by atoms with Crippen LogP contribution in [0.3, 0.4) is 0 Å². The average Bonchev–Trinajstić information content (AvgIpc) is 2.53. The molecule has 0 aliphatic heterocycles. The van der Waals surface area contributed by atoms with Gasteiger partial charge < -0.3 is 14.8 Å². The van der Waals surface area contributed by atoms with Gasteiger partial charge in [-0.2, -0.15) is 0 Å². The predicted octanol–water partition coefficient (Wildman–Crippen LogP) is 4.66. The Morgan fingerprint density at radius 3 is 2.54 bits per heavy atom. The molecule has 0 radical (unpaired) electrons. The fraction of sp³-hybridized carbons (Fsp3) is 0.316. The third-order valence-corrected chi connectivity index (χ3v) is 3.80. The number of halogens is 1. The van der Waals surface area contributed by atoms with Crippen LogP contribution >= 0.6 is 11.6 Å². The Labute approximate surface area is 147 Å². The molecule has 128 valence electrons. The van der Waals surface area contributed by atoms with E-state index in [2.05, 4.69) is 26.1 Å². The van der Waals surface area contributed by atoms with Gasteiger partial charge in [0, 0.05) is 5.69 Å². The van der Waals surface area contributed by atoms with E-state index in [9.17, 15) is 4.79 Å². The molecule has 0 saturated heterocycles. The first-order chi connectivity index (χ1) is 11.3. The van der Waals surface area contributed by atoms with Gasteiger partial charge in [-0.05, 0) is 41.3 Å². The van der Waals surface area contributed by atoms with Crippen LogP contribution in [0.2, 0.25) is 5.02 Å². The lowest BCUT2D eigenvalue weighted by molar-refractivity contribution is -0.118. The minimum Gasteiger partial charge on any atom is -0.495 e. The monoisotopic (exact) mass is 347 g/mol. The smallest absolute Gasteiger partial charge is 0.262 e. The molecule has 4 nitrogen and oxygen atoms in total. The Kier molecular flexibility index (Phi) is 5.73. The number of hydrogen-bond donors (Lipinski definition) is 1. The van der Waals surface area contributed by atoms with Gasteiger partial charge in [-0.15, -0.1) is 0 Å². The maximum atomic E-state index is 12.0. The Balaban J connectivity index is 1.95. The van der Waals surface area contributed by atoms with Crippen molar-refractivity contribution in [2.24, 2.45) is 0 Å². The maximum Gasteiger partial charge on any atom is 0.262 e. The third-order valence-electron chi connectivity index (χ3n) is 3.51. The molecule has 0 aliphatic carbocycles. The second-order valence-electron chi connectivity index (χ2n) is 6.46. The summed E-state index contributed by atoms with van der Waals surface area (Å²) in [4.78, 5) is 12.0. The fourth-order valence-electron chi connectivity index (χ4n) is 2.14. The zero-order chi connectivity index (χ0) is 17.7. The summed E-state index contributed by atoms with van der Waals surface area (Å²) in [6.45, 7) is 6.32. The Bertz CT molecular complexity index is 723. The van der Waals surface area contributed by atoms with Crippen LogP contribution in [0.5, 0.6) is 11.5 Å². The number of rotatable bonds is 5. The van der Waals surface area contributed by atoms with Gasteiger partial charge in [-0.1, -0.05) is 44.5 Å². The van der Waals surface area contributed by atoms with E-state index in [1.165, 1.54) is 0 Å². The van der Waals surface area contributed by atoms with Gasteiger partial charge in [0.15, 0.2) is 6.61 Å². The molecule has 5 heteroatoms. The van der Waals surface area contributed by atoms with E-state index in [0.29, 0.717) is 22.2 Å². The summed E-state index contributed by atoms with van der Waals surface area (Å²) in [5, 5.41) is 3.18. The number of nitrogens with one attached hydrogen (secondary N) is 1. The molecule has 0 aliphatic rings. The van der Waals surface area contributed by atoms with Crippen LogP contribution in [0, 0.1) is 0 Å². The van der Waals surface area contributed by atoms with Crippen molar-refractivity contribution < 1.29 is 14.3 Å². The molecule has 1 N–H and O–H groups in total. The Morgan fingerprint density at radius 1 is 1.17 bits per heavy atom. The number of carbonyl (C=O) groups is 1. The molecule has 0 heterocycles. The van der Waals surface area contributed by atoms with Crippen LogP contribution in [0.4, 0.5) is 5.69 Å². The first-order valence-corrected chi connectivity index (χ1v) is 8.04. The summed E-state index contributed by atoms with van der Waals surface area (Å²) in [5.74, 6) is 0.979. The molecule has 2 rings (SSSR count). The van der Waals surface area contributed by atoms with Crippen LogP contribution in [0.25, 0.3) is 0 Å². The van der Waals surface area contributed by atoms with Crippen molar-refractivity contribution in [1.82, 2.24) is 0 Å². The second kappa shape index (κ2) is 7.58. The molecule has 0 saturated carbocycles. The Hall–Kier alpha value is -2.20. The van der Waals surface area contributed by atoms with E-state index in [-0.39, 0.29) is 17.9 Å². The summed E-state index contributed by atoms with van der Waals surface area (Å²) in [7, 11) is 1.54. The number of carbonyl (C=O) groups excluding carboxylic acids is 1. The summed E-state index contributed by atoms with van der Waals surface area (Å²) in [6, 6.07) is 12.8. The van der Waals surface area contributed by atoms with Crippen LogP contribution in [-0.2, 0) is 10.2 Å². The van der Waals surface area contributed by atoms with Crippen molar-refractivity contribution >= 4 is 23.2 Å². The highest BCUT2D eigenvalue weighted by Crippen LogP contribution is 2.27. The lowest BCUT2D eigenvalue weighted by Crippen LogP contribution is -2.20. The van der Waals surface area contributed by atoms with E-state index >= 15 is 0 Å². The minimum atomic E-state index is -0.252. The van der Waals surface area contributed by atoms with Gasteiger partial charge in [-0.3, -0.25) is 4.79 Å². The number of amides is 1. The highest BCUT2D eigenvalue weighted by Gasteiger charge is 2.14. The third kappa shape index (κ3) is 4.90. The number of benzene rings is 2. The van der Waals surface area contributed by atoms with Crippen molar-refractivity contribution in [2.45, 2.75) is 26.2 Å². The molecule has 0 atom stereocenters. The van der Waals surface area contributed by atoms with Crippen molar-refractivity contribution in [3.8, 4) is 11.5 Å². The van der Waals surface area contributed by atoms with Gasteiger partial charge in [0.05, 0.1) is 12.1 Å². The predicted molar refractivity (Wildman–Crippen MR) is 97.3 cm³/mol. The highest BCUT2D eigenvalue weighted by molar-refractivity contribution is 6.32. The quantitative estimate of drug-likeness (QED) is 0.855. The van der Waals surface area contributed by atoms with Crippen molar-refractivity contribution in [3.63, 3.8) is 0 Å². The van der Waals surface area contributed by atoms with Crippen LogP contribution in [0.15, 0.2) is 42.5 Å². The molecule has 0 fully saturated rings. The van der Waals surface area contributed by atoms with E-state index in [4.69, 9.17) is 21.1 Å². The number of anilines is 1. The van der Waals surface area contributed by atoms with Gasteiger partial charge in [0.1, 0.15) is 11.5 Å². The zero-order valence-electron chi connectivity index (χ0n) is 14.4. The van der Waals surface area contributed by atoms with Crippen LogP contribution in [0.1, 0.15) is 26.3 Å². The number of methoxy groups -OCH3 is 1. The second-order valence-corrected chi connectivity index (χ2v) is 6.87. The molecular weight excluding hydrogens is 326 g/mol. The average molecular weight is 348 g/mol. The highest BCUT2D eigenvalue weighted by atomic mass is 35.5. The zero-order valence-corrected chi connectivity index (χ0v) is 15.1. The molecule has 0 aromatic heterocycles. The normalized spacial score (nSPS) is 11.0. The number of ether oxygens (including phenoxy) is 2. The minimum absolute atomic E-state index is 0.0292. The summed E-state index contributed by atoms with van der Waals surface area (Å²) >= 11 is 6.04. The maximum absolute atomic E-state index is 12.0. The fourth-order valence-corrected chi connectivity index (χ4v) is 2.40. The lowest BCUT2D eigenvalue weighted by atomic mass is 9.87. The van der Waals surface area contributed by atoms with Gasteiger partial charge in [-0.25, -0.2) is 0 Å².